The van der Waals surface area contributed by atoms with E-state index in [0.29, 0.717) is 11.1 Å². The van der Waals surface area contributed by atoms with Gasteiger partial charge in [-0.15, -0.1) is 0 Å². The van der Waals surface area contributed by atoms with E-state index in [0.717, 1.165) is 11.1 Å². The number of esters is 1. The Bertz CT molecular complexity index is 970. The van der Waals surface area contributed by atoms with Crippen molar-refractivity contribution in [1.29, 1.82) is 0 Å². The predicted molar refractivity (Wildman–Crippen MR) is 102 cm³/mol. The van der Waals surface area contributed by atoms with Crippen LogP contribution in [0.4, 0.5) is 10.1 Å². The van der Waals surface area contributed by atoms with Crippen LogP contribution < -0.4 is 5.32 Å². The van der Waals surface area contributed by atoms with Crippen molar-refractivity contribution in [3.63, 3.8) is 0 Å². The molecule has 0 heterocycles. The van der Waals surface area contributed by atoms with E-state index in [9.17, 15) is 14.0 Å². The van der Waals surface area contributed by atoms with Crippen LogP contribution in [-0.4, -0.2) is 18.5 Å². The van der Waals surface area contributed by atoms with Crippen LogP contribution in [0.1, 0.15) is 15.9 Å². The Balaban J connectivity index is 1.67. The molecule has 0 aliphatic heterocycles. The van der Waals surface area contributed by atoms with Gasteiger partial charge in [0.15, 0.2) is 6.61 Å². The van der Waals surface area contributed by atoms with Crippen molar-refractivity contribution in [3.8, 4) is 11.1 Å². The molecule has 0 bridgehead atoms. The molecule has 0 saturated carbocycles. The largest absolute Gasteiger partial charge is 0.452 e. The van der Waals surface area contributed by atoms with Crippen LogP contribution in [0.15, 0.2) is 72.8 Å². The van der Waals surface area contributed by atoms with E-state index in [1.807, 2.05) is 42.5 Å². The van der Waals surface area contributed by atoms with Gasteiger partial charge in [0, 0.05) is 0 Å². The summed E-state index contributed by atoms with van der Waals surface area (Å²) in [4.78, 5) is 24.4. The van der Waals surface area contributed by atoms with Crippen molar-refractivity contribution in [2.75, 3.05) is 11.9 Å². The van der Waals surface area contributed by atoms with E-state index >= 15 is 0 Å². The summed E-state index contributed by atoms with van der Waals surface area (Å²) in [5, 5.41) is 2.40. The third-order valence-corrected chi connectivity index (χ3v) is 3.96. The minimum Gasteiger partial charge on any atom is -0.452 e. The van der Waals surface area contributed by atoms with Crippen molar-refractivity contribution in [2.45, 2.75) is 6.92 Å². The maximum Gasteiger partial charge on any atom is 0.339 e. The monoisotopic (exact) mass is 363 g/mol. The lowest BCUT2D eigenvalue weighted by Crippen LogP contribution is -2.21. The molecular weight excluding hydrogens is 345 g/mol. The Morgan fingerprint density at radius 1 is 0.963 bits per heavy atom. The van der Waals surface area contributed by atoms with Crippen LogP contribution in [0.5, 0.6) is 0 Å². The Labute approximate surface area is 156 Å². The molecule has 0 radical (unpaired) electrons. The fourth-order valence-corrected chi connectivity index (χ4v) is 2.65. The normalized spacial score (nSPS) is 10.3. The molecule has 1 N–H and O–H groups in total. The molecule has 3 aromatic carbocycles. The van der Waals surface area contributed by atoms with Gasteiger partial charge in [-0.05, 0) is 41.8 Å². The number of hydrogen-bond donors (Lipinski definition) is 1. The maximum atomic E-state index is 13.8. The first kappa shape index (κ1) is 18.3. The van der Waals surface area contributed by atoms with Gasteiger partial charge in [-0.3, -0.25) is 4.79 Å². The van der Waals surface area contributed by atoms with Gasteiger partial charge in [-0.1, -0.05) is 54.6 Å². The first-order valence-electron chi connectivity index (χ1n) is 8.42. The Kier molecular flexibility index (Phi) is 5.61. The van der Waals surface area contributed by atoms with Crippen molar-refractivity contribution in [1.82, 2.24) is 0 Å². The van der Waals surface area contributed by atoms with Gasteiger partial charge >= 0.3 is 5.97 Å². The molecule has 3 rings (SSSR count). The second-order valence-electron chi connectivity index (χ2n) is 6.02. The molecule has 0 atom stereocenters. The molecule has 5 heteroatoms. The molecule has 0 saturated heterocycles. The third-order valence-electron chi connectivity index (χ3n) is 3.96. The molecule has 0 aliphatic rings. The minimum atomic E-state index is -0.617. The molecule has 1 amide bonds. The van der Waals surface area contributed by atoms with Crippen LogP contribution >= 0.6 is 0 Å². The molecule has 0 aromatic heterocycles. The summed E-state index contributed by atoms with van der Waals surface area (Å²) in [6, 6.07) is 20.9. The number of rotatable bonds is 5. The SMILES string of the molecule is Cc1ccc(NC(=O)COC(=O)c2ccccc2-c2ccccc2)c(F)c1. The van der Waals surface area contributed by atoms with Gasteiger partial charge in [0.1, 0.15) is 5.82 Å². The molecular formula is C22H18FNO3. The zero-order valence-electron chi connectivity index (χ0n) is 14.7. The number of anilines is 1. The summed E-state index contributed by atoms with van der Waals surface area (Å²) >= 11 is 0. The lowest BCUT2D eigenvalue weighted by molar-refractivity contribution is -0.119. The Morgan fingerprint density at radius 2 is 1.67 bits per heavy atom. The Morgan fingerprint density at radius 3 is 2.41 bits per heavy atom. The van der Waals surface area contributed by atoms with Gasteiger partial charge in [0.2, 0.25) is 0 Å². The molecule has 3 aromatic rings. The summed E-state index contributed by atoms with van der Waals surface area (Å²) in [6.07, 6.45) is 0. The first-order valence-corrected chi connectivity index (χ1v) is 8.42. The topological polar surface area (TPSA) is 55.4 Å². The Hall–Kier alpha value is -3.47. The quantitative estimate of drug-likeness (QED) is 0.674. The van der Waals surface area contributed by atoms with E-state index in [4.69, 9.17) is 4.74 Å². The second kappa shape index (κ2) is 8.27. The number of amides is 1. The summed E-state index contributed by atoms with van der Waals surface area (Å²) < 4.78 is 18.9. The highest BCUT2D eigenvalue weighted by Crippen LogP contribution is 2.24. The highest BCUT2D eigenvalue weighted by Gasteiger charge is 2.16. The molecule has 136 valence electrons. The van der Waals surface area contributed by atoms with Crippen molar-refractivity contribution >= 4 is 17.6 Å². The smallest absolute Gasteiger partial charge is 0.339 e. The van der Waals surface area contributed by atoms with E-state index in [-0.39, 0.29) is 5.69 Å². The predicted octanol–water partition coefficient (Wildman–Crippen LogP) is 4.60. The number of halogens is 1. The molecule has 0 aliphatic carbocycles. The van der Waals surface area contributed by atoms with Crippen molar-refractivity contribution < 1.29 is 18.7 Å². The van der Waals surface area contributed by atoms with Crippen LogP contribution in [-0.2, 0) is 9.53 Å². The lowest BCUT2D eigenvalue weighted by Gasteiger charge is -2.10. The second-order valence-corrected chi connectivity index (χ2v) is 6.02. The van der Waals surface area contributed by atoms with Gasteiger partial charge in [0.25, 0.3) is 5.91 Å². The van der Waals surface area contributed by atoms with Crippen molar-refractivity contribution in [3.05, 3.63) is 89.7 Å². The van der Waals surface area contributed by atoms with Crippen LogP contribution in [0.2, 0.25) is 0 Å². The average Bonchev–Trinajstić information content (AvgIpc) is 2.69. The number of nitrogens with one attached hydrogen (secondary N) is 1. The number of ether oxygens (including phenoxy) is 1. The van der Waals surface area contributed by atoms with E-state index in [1.54, 1.807) is 25.1 Å². The number of aryl methyl sites for hydroxylation is 1. The summed E-state index contributed by atoms with van der Waals surface area (Å²) in [6.45, 7) is 1.25. The van der Waals surface area contributed by atoms with E-state index in [2.05, 4.69) is 5.32 Å². The van der Waals surface area contributed by atoms with Gasteiger partial charge in [-0.2, -0.15) is 0 Å². The third kappa shape index (κ3) is 4.58. The summed E-state index contributed by atoms with van der Waals surface area (Å²) in [5.74, 6) is -1.76. The number of hydrogen-bond acceptors (Lipinski definition) is 3. The van der Waals surface area contributed by atoms with Crippen LogP contribution in [0.3, 0.4) is 0 Å². The molecule has 0 fully saturated rings. The van der Waals surface area contributed by atoms with E-state index in [1.165, 1.54) is 12.1 Å². The summed E-state index contributed by atoms with van der Waals surface area (Å²) in [7, 11) is 0. The average molecular weight is 363 g/mol. The van der Waals surface area contributed by atoms with Gasteiger partial charge < -0.3 is 10.1 Å². The number of carbonyl (C=O) groups is 2. The van der Waals surface area contributed by atoms with Crippen LogP contribution in [0.25, 0.3) is 11.1 Å². The zero-order chi connectivity index (χ0) is 19.2. The number of benzene rings is 3. The maximum absolute atomic E-state index is 13.8. The van der Waals surface area contributed by atoms with Gasteiger partial charge in [0.05, 0.1) is 11.3 Å². The summed E-state index contributed by atoms with van der Waals surface area (Å²) in [5.41, 5.74) is 2.74. The molecule has 0 unspecified atom stereocenters. The highest BCUT2D eigenvalue weighted by atomic mass is 19.1. The molecule has 0 spiro atoms. The fourth-order valence-electron chi connectivity index (χ4n) is 2.65. The molecule has 4 nitrogen and oxygen atoms in total. The lowest BCUT2D eigenvalue weighted by atomic mass is 10.00. The zero-order valence-corrected chi connectivity index (χ0v) is 14.7. The van der Waals surface area contributed by atoms with E-state index < -0.39 is 24.3 Å². The highest BCUT2D eigenvalue weighted by molar-refractivity contribution is 5.99. The van der Waals surface area contributed by atoms with Gasteiger partial charge in [-0.25, -0.2) is 9.18 Å². The number of carbonyl (C=O) groups excluding carboxylic acids is 2. The first-order chi connectivity index (χ1) is 13.0. The minimum absolute atomic E-state index is 0.0475. The molecule has 27 heavy (non-hydrogen) atoms. The standard InChI is InChI=1S/C22H18FNO3/c1-15-11-12-20(19(23)13-15)24-21(25)14-27-22(26)18-10-6-5-9-17(18)16-7-3-2-4-8-16/h2-13H,14H2,1H3,(H,24,25). The van der Waals surface area contributed by atoms with Crippen molar-refractivity contribution in [2.24, 2.45) is 0 Å². The fraction of sp³-hybridized carbons (Fsp3) is 0.0909. The van der Waals surface area contributed by atoms with Crippen LogP contribution in [0, 0.1) is 12.7 Å².